The maximum absolute atomic E-state index is 13.0. The van der Waals surface area contributed by atoms with Gasteiger partial charge in [0.2, 0.25) is 0 Å². The molecule has 0 aliphatic carbocycles. The first-order valence-electron chi connectivity index (χ1n) is 9.46. The van der Waals surface area contributed by atoms with E-state index in [1.54, 1.807) is 4.90 Å². The molecule has 8 nitrogen and oxygen atoms in total. The number of esters is 1. The minimum atomic E-state index is -0.987. The van der Waals surface area contributed by atoms with Crippen LogP contribution in [0.2, 0.25) is 0 Å². The highest BCUT2D eigenvalue weighted by Crippen LogP contribution is 2.32. The van der Waals surface area contributed by atoms with Crippen LogP contribution in [0, 0.1) is 5.92 Å². The number of likely N-dealkylation sites (tertiary alicyclic amines) is 1. The molecule has 3 rings (SSSR count). The van der Waals surface area contributed by atoms with Crippen molar-refractivity contribution >= 4 is 17.8 Å². The Hall–Kier alpha value is -1.67. The van der Waals surface area contributed by atoms with Crippen molar-refractivity contribution in [2.45, 2.75) is 64.1 Å². The van der Waals surface area contributed by atoms with Crippen molar-refractivity contribution in [3.63, 3.8) is 0 Å². The van der Waals surface area contributed by atoms with Gasteiger partial charge in [0.25, 0.3) is 11.8 Å². The second kappa shape index (κ2) is 7.92. The number of rotatable bonds is 5. The molecule has 5 atom stereocenters. The number of piperidine rings is 1. The number of fused-ring (bicyclic) bond motifs is 2. The molecule has 146 valence electrons. The van der Waals surface area contributed by atoms with Gasteiger partial charge in [-0.3, -0.25) is 9.59 Å². The van der Waals surface area contributed by atoms with Crippen molar-refractivity contribution in [1.29, 1.82) is 0 Å². The Kier molecular flexibility index (Phi) is 5.82. The molecular formula is C18H28N2O6. The van der Waals surface area contributed by atoms with Gasteiger partial charge in [-0.2, -0.15) is 0 Å². The van der Waals surface area contributed by atoms with E-state index < -0.39 is 30.5 Å². The fourth-order valence-electron chi connectivity index (χ4n) is 3.93. The summed E-state index contributed by atoms with van der Waals surface area (Å²) in [7, 11) is 1.32. The van der Waals surface area contributed by atoms with Gasteiger partial charge in [-0.15, -0.1) is 0 Å². The summed E-state index contributed by atoms with van der Waals surface area (Å²) in [5.41, 5.74) is 0. The average molecular weight is 368 g/mol. The van der Waals surface area contributed by atoms with E-state index in [9.17, 15) is 14.4 Å². The lowest BCUT2D eigenvalue weighted by Crippen LogP contribution is -2.59. The third-order valence-electron chi connectivity index (χ3n) is 5.62. The van der Waals surface area contributed by atoms with Gasteiger partial charge in [0.1, 0.15) is 6.04 Å². The zero-order chi connectivity index (χ0) is 18.8. The van der Waals surface area contributed by atoms with Gasteiger partial charge in [-0.05, 0) is 25.2 Å². The van der Waals surface area contributed by atoms with E-state index in [4.69, 9.17) is 14.2 Å². The molecule has 0 saturated carbocycles. The van der Waals surface area contributed by atoms with E-state index >= 15 is 0 Å². The van der Waals surface area contributed by atoms with Crippen LogP contribution in [0.4, 0.5) is 0 Å². The molecular weight excluding hydrogens is 340 g/mol. The second-order valence-corrected chi connectivity index (χ2v) is 7.27. The molecule has 0 N–H and O–H groups in total. The molecule has 26 heavy (non-hydrogen) atoms. The van der Waals surface area contributed by atoms with Crippen LogP contribution in [-0.2, 0) is 28.6 Å². The van der Waals surface area contributed by atoms with Gasteiger partial charge < -0.3 is 24.0 Å². The summed E-state index contributed by atoms with van der Waals surface area (Å²) >= 11 is 0. The van der Waals surface area contributed by atoms with Crippen LogP contribution in [-0.4, -0.2) is 78.9 Å². The van der Waals surface area contributed by atoms with Gasteiger partial charge in [0.15, 0.2) is 18.5 Å². The van der Waals surface area contributed by atoms with Crippen LogP contribution in [0.15, 0.2) is 0 Å². The maximum Gasteiger partial charge on any atom is 0.328 e. The first kappa shape index (κ1) is 19.1. The third-order valence-corrected chi connectivity index (χ3v) is 5.62. The first-order chi connectivity index (χ1) is 12.5. The number of morpholine rings is 1. The molecule has 0 radical (unpaired) electrons. The number of carbonyl (C=O) groups is 3. The van der Waals surface area contributed by atoms with E-state index in [0.717, 1.165) is 25.7 Å². The Labute approximate surface area is 153 Å². The van der Waals surface area contributed by atoms with Crippen LogP contribution >= 0.6 is 0 Å². The lowest BCUT2D eigenvalue weighted by atomic mass is 9.96. The molecule has 2 amide bonds. The smallest absolute Gasteiger partial charge is 0.328 e. The topological polar surface area (TPSA) is 85.4 Å². The first-order valence-corrected chi connectivity index (χ1v) is 9.46. The molecule has 3 aliphatic rings. The number of carbonyl (C=O) groups excluding carboxylic acids is 3. The number of hydrogen-bond donors (Lipinski definition) is 0. The van der Waals surface area contributed by atoms with Gasteiger partial charge in [-0.25, -0.2) is 4.79 Å². The average Bonchev–Trinajstić information content (AvgIpc) is 3.04. The summed E-state index contributed by atoms with van der Waals surface area (Å²) in [5, 5.41) is 0. The second-order valence-electron chi connectivity index (χ2n) is 7.27. The Morgan fingerprint density at radius 1 is 1.23 bits per heavy atom. The molecule has 0 aromatic heterocycles. The Bertz CT molecular complexity index is 562. The van der Waals surface area contributed by atoms with Gasteiger partial charge in [0.05, 0.1) is 13.7 Å². The monoisotopic (exact) mass is 368 g/mol. The molecule has 0 spiro atoms. The summed E-state index contributed by atoms with van der Waals surface area (Å²) in [6, 6.07) is -0.696. The zero-order valence-electron chi connectivity index (χ0n) is 15.7. The molecule has 3 saturated heterocycles. The van der Waals surface area contributed by atoms with Crippen LogP contribution in [0.25, 0.3) is 0 Å². The molecule has 8 heteroatoms. The maximum atomic E-state index is 13.0. The van der Waals surface area contributed by atoms with Gasteiger partial charge in [-0.1, -0.05) is 20.3 Å². The number of hydrogen-bond acceptors (Lipinski definition) is 6. The normalized spacial score (nSPS) is 30.9. The molecule has 2 bridgehead atoms. The van der Waals surface area contributed by atoms with E-state index in [1.165, 1.54) is 12.0 Å². The fraction of sp³-hybridized carbons (Fsp3) is 0.833. The third kappa shape index (κ3) is 3.44. The Balaban J connectivity index is 1.77. The summed E-state index contributed by atoms with van der Waals surface area (Å²) in [6.45, 7) is 5.36. The fourth-order valence-corrected chi connectivity index (χ4v) is 3.93. The summed E-state index contributed by atoms with van der Waals surface area (Å²) in [4.78, 5) is 41.3. The number of amides is 2. The summed E-state index contributed by atoms with van der Waals surface area (Å²) < 4.78 is 16.3. The molecule has 0 unspecified atom stereocenters. The highest BCUT2D eigenvalue weighted by atomic mass is 16.7. The van der Waals surface area contributed by atoms with Crippen molar-refractivity contribution in [1.82, 2.24) is 9.80 Å². The number of methoxy groups -OCH3 is 1. The minimum absolute atomic E-state index is 0.0693. The van der Waals surface area contributed by atoms with Crippen molar-refractivity contribution in [2.24, 2.45) is 5.92 Å². The van der Waals surface area contributed by atoms with Crippen LogP contribution in [0.3, 0.4) is 0 Å². The van der Waals surface area contributed by atoms with Crippen molar-refractivity contribution in [2.75, 3.05) is 26.7 Å². The summed E-state index contributed by atoms with van der Waals surface area (Å²) in [5.74, 6) is -1.08. The van der Waals surface area contributed by atoms with E-state index in [-0.39, 0.29) is 24.3 Å². The lowest BCUT2D eigenvalue weighted by Gasteiger charge is -2.37. The molecule has 0 aromatic rings. The van der Waals surface area contributed by atoms with Gasteiger partial charge >= 0.3 is 5.97 Å². The summed E-state index contributed by atoms with van der Waals surface area (Å²) in [6.07, 6.45) is 1.16. The van der Waals surface area contributed by atoms with Crippen LogP contribution in [0.5, 0.6) is 0 Å². The predicted molar refractivity (Wildman–Crippen MR) is 90.9 cm³/mol. The lowest BCUT2D eigenvalue weighted by molar-refractivity contribution is -0.175. The highest BCUT2D eigenvalue weighted by Gasteiger charge is 2.54. The largest absolute Gasteiger partial charge is 0.467 e. The van der Waals surface area contributed by atoms with Crippen LogP contribution in [0.1, 0.15) is 39.5 Å². The van der Waals surface area contributed by atoms with E-state index in [1.807, 2.05) is 13.8 Å². The van der Waals surface area contributed by atoms with Crippen molar-refractivity contribution < 1.29 is 28.6 Å². The highest BCUT2D eigenvalue weighted by molar-refractivity contribution is 5.94. The number of nitrogens with zero attached hydrogens (tertiary/aromatic N) is 2. The van der Waals surface area contributed by atoms with Gasteiger partial charge in [0, 0.05) is 13.1 Å². The molecule has 3 fully saturated rings. The standard InChI is InChI=1S/C18H28N2O6/c1-4-11(2)13(18(23)24-3)20-10-12-25-14(15(26-12)17(20)22)16(21)19-8-6-5-7-9-19/h11-15H,4-10H2,1-3H3/t11-,12+,13-,14-,15+/m0/s1. The Morgan fingerprint density at radius 2 is 1.92 bits per heavy atom. The molecule has 3 aliphatic heterocycles. The van der Waals surface area contributed by atoms with Crippen molar-refractivity contribution in [3.8, 4) is 0 Å². The molecule has 0 aromatic carbocycles. The van der Waals surface area contributed by atoms with Crippen LogP contribution < -0.4 is 0 Å². The minimum Gasteiger partial charge on any atom is -0.467 e. The van der Waals surface area contributed by atoms with Crippen molar-refractivity contribution in [3.05, 3.63) is 0 Å². The number of ether oxygens (including phenoxy) is 3. The SMILES string of the molecule is CC[C@H](C)[C@@H](C(=O)OC)N1C[C@@H]2O[C@H](C(=O)N3CCCCC3)[C@@H](O2)C1=O. The van der Waals surface area contributed by atoms with E-state index in [2.05, 4.69) is 0 Å². The molecule has 3 heterocycles. The predicted octanol–water partition coefficient (Wildman–Crippen LogP) is 0.539. The Morgan fingerprint density at radius 3 is 2.54 bits per heavy atom. The quantitative estimate of drug-likeness (QED) is 0.659. The van der Waals surface area contributed by atoms with E-state index in [0.29, 0.717) is 13.1 Å². The zero-order valence-corrected chi connectivity index (χ0v) is 15.7.